The molecule has 3 rings (SSSR count). The molecular weight excluding hydrogens is 366 g/mol. The van der Waals surface area contributed by atoms with E-state index in [1.165, 1.54) is 7.11 Å². The van der Waals surface area contributed by atoms with Gasteiger partial charge in [0.15, 0.2) is 6.61 Å². The third-order valence-corrected chi connectivity index (χ3v) is 4.28. The second-order valence-electron chi connectivity index (χ2n) is 5.88. The predicted octanol–water partition coefficient (Wildman–Crippen LogP) is 3.98. The summed E-state index contributed by atoms with van der Waals surface area (Å²) in [5, 5.41) is 5.16. The SMILES string of the molecule is COc1cc2ccccc2cc1C(=O)OCC(=O)NCc1ccc(Cl)cc1. The van der Waals surface area contributed by atoms with Gasteiger partial charge in [0.25, 0.3) is 5.91 Å². The van der Waals surface area contributed by atoms with Crippen molar-refractivity contribution in [2.45, 2.75) is 6.54 Å². The Hall–Kier alpha value is -3.05. The number of hydrogen-bond acceptors (Lipinski definition) is 4. The number of carbonyl (C=O) groups is 2. The predicted molar refractivity (Wildman–Crippen MR) is 104 cm³/mol. The summed E-state index contributed by atoms with van der Waals surface area (Å²) in [6.07, 6.45) is 0. The van der Waals surface area contributed by atoms with Crippen molar-refractivity contribution >= 4 is 34.2 Å². The molecule has 5 nitrogen and oxygen atoms in total. The normalized spacial score (nSPS) is 10.4. The largest absolute Gasteiger partial charge is 0.496 e. The van der Waals surface area contributed by atoms with Crippen LogP contribution in [0.15, 0.2) is 60.7 Å². The monoisotopic (exact) mass is 383 g/mol. The molecule has 3 aromatic rings. The third-order valence-electron chi connectivity index (χ3n) is 4.03. The Bertz CT molecular complexity index is 970. The maximum atomic E-state index is 12.4. The van der Waals surface area contributed by atoms with E-state index >= 15 is 0 Å². The summed E-state index contributed by atoms with van der Waals surface area (Å²) in [5.74, 6) is -0.599. The van der Waals surface area contributed by atoms with Gasteiger partial charge in [-0.1, -0.05) is 48.0 Å². The Balaban J connectivity index is 1.60. The van der Waals surface area contributed by atoms with E-state index in [-0.39, 0.29) is 12.2 Å². The molecule has 0 atom stereocenters. The summed E-state index contributed by atoms with van der Waals surface area (Å²) < 4.78 is 10.4. The van der Waals surface area contributed by atoms with Gasteiger partial charge in [0.1, 0.15) is 11.3 Å². The van der Waals surface area contributed by atoms with Crippen molar-refractivity contribution in [2.24, 2.45) is 0 Å². The fourth-order valence-electron chi connectivity index (χ4n) is 2.61. The second kappa shape index (κ2) is 8.56. The van der Waals surface area contributed by atoms with Crippen molar-refractivity contribution in [1.29, 1.82) is 0 Å². The molecule has 0 fully saturated rings. The Morgan fingerprint density at radius 2 is 1.67 bits per heavy atom. The maximum absolute atomic E-state index is 12.4. The minimum Gasteiger partial charge on any atom is -0.496 e. The van der Waals surface area contributed by atoms with Crippen molar-refractivity contribution in [1.82, 2.24) is 5.32 Å². The van der Waals surface area contributed by atoms with Crippen LogP contribution in [0.25, 0.3) is 10.8 Å². The molecule has 1 amide bonds. The zero-order valence-electron chi connectivity index (χ0n) is 14.7. The number of carbonyl (C=O) groups excluding carboxylic acids is 2. The highest BCUT2D eigenvalue weighted by atomic mass is 35.5. The molecule has 6 heteroatoms. The standard InChI is InChI=1S/C21H18ClNO4/c1-26-19-11-16-5-3-2-4-15(16)10-18(19)21(25)27-13-20(24)23-12-14-6-8-17(22)9-7-14/h2-11H,12-13H2,1H3,(H,23,24). The lowest BCUT2D eigenvalue weighted by Crippen LogP contribution is -2.28. The number of rotatable bonds is 6. The van der Waals surface area contributed by atoms with Gasteiger partial charge in [-0.3, -0.25) is 4.79 Å². The van der Waals surface area contributed by atoms with E-state index in [4.69, 9.17) is 21.1 Å². The molecular formula is C21H18ClNO4. The molecule has 0 aromatic heterocycles. The van der Waals surface area contributed by atoms with Gasteiger partial charge in [0.2, 0.25) is 0 Å². The Morgan fingerprint density at radius 1 is 1.00 bits per heavy atom. The summed E-state index contributed by atoms with van der Waals surface area (Å²) in [7, 11) is 1.49. The van der Waals surface area contributed by atoms with E-state index in [1.54, 1.807) is 24.3 Å². The van der Waals surface area contributed by atoms with Crippen LogP contribution in [0.4, 0.5) is 0 Å². The molecule has 3 aromatic carbocycles. The molecule has 0 bridgehead atoms. The van der Waals surface area contributed by atoms with Crippen LogP contribution < -0.4 is 10.1 Å². The first-order chi connectivity index (χ1) is 13.1. The van der Waals surface area contributed by atoms with E-state index in [1.807, 2.05) is 36.4 Å². The van der Waals surface area contributed by atoms with Gasteiger partial charge in [-0.2, -0.15) is 0 Å². The average Bonchev–Trinajstić information content (AvgIpc) is 2.70. The third kappa shape index (κ3) is 4.77. The van der Waals surface area contributed by atoms with E-state index < -0.39 is 11.9 Å². The Labute approximate surface area is 161 Å². The maximum Gasteiger partial charge on any atom is 0.342 e. The summed E-state index contributed by atoms with van der Waals surface area (Å²) in [6.45, 7) is -0.0464. The molecule has 0 aliphatic carbocycles. The number of benzene rings is 3. The van der Waals surface area contributed by atoms with Gasteiger partial charge < -0.3 is 14.8 Å². The summed E-state index contributed by atoms with van der Waals surface area (Å²) in [5.41, 5.74) is 1.18. The molecule has 0 spiro atoms. The van der Waals surface area contributed by atoms with Crippen LogP contribution >= 0.6 is 11.6 Å². The molecule has 0 radical (unpaired) electrons. The van der Waals surface area contributed by atoms with Crippen molar-refractivity contribution in [3.63, 3.8) is 0 Å². The van der Waals surface area contributed by atoms with E-state index in [0.29, 0.717) is 17.3 Å². The molecule has 1 N–H and O–H groups in total. The van der Waals surface area contributed by atoms with Gasteiger partial charge in [-0.25, -0.2) is 4.79 Å². The van der Waals surface area contributed by atoms with Crippen molar-refractivity contribution < 1.29 is 19.1 Å². The fourth-order valence-corrected chi connectivity index (χ4v) is 2.74. The minimum atomic E-state index is -0.612. The number of ether oxygens (including phenoxy) is 2. The van der Waals surface area contributed by atoms with Crippen molar-refractivity contribution in [3.05, 3.63) is 76.8 Å². The highest BCUT2D eigenvalue weighted by Crippen LogP contribution is 2.26. The molecule has 0 aliphatic heterocycles. The van der Waals surface area contributed by atoms with E-state index in [0.717, 1.165) is 16.3 Å². The lowest BCUT2D eigenvalue weighted by molar-refractivity contribution is -0.124. The highest BCUT2D eigenvalue weighted by Gasteiger charge is 2.16. The van der Waals surface area contributed by atoms with Crippen LogP contribution in [0, 0.1) is 0 Å². The highest BCUT2D eigenvalue weighted by molar-refractivity contribution is 6.30. The smallest absolute Gasteiger partial charge is 0.342 e. The Kier molecular flexibility index (Phi) is 5.94. The lowest BCUT2D eigenvalue weighted by Gasteiger charge is -2.11. The molecule has 27 heavy (non-hydrogen) atoms. The second-order valence-corrected chi connectivity index (χ2v) is 6.32. The van der Waals surface area contributed by atoms with E-state index in [9.17, 15) is 9.59 Å². The van der Waals surface area contributed by atoms with Gasteiger partial charge in [0.05, 0.1) is 7.11 Å². The van der Waals surface area contributed by atoms with Crippen LogP contribution in [0.2, 0.25) is 5.02 Å². The lowest BCUT2D eigenvalue weighted by atomic mass is 10.1. The molecule has 138 valence electrons. The number of methoxy groups -OCH3 is 1. The summed E-state index contributed by atoms with van der Waals surface area (Å²) >= 11 is 5.82. The van der Waals surface area contributed by atoms with Crippen LogP contribution in [0.3, 0.4) is 0 Å². The molecule has 0 unspecified atom stereocenters. The van der Waals surface area contributed by atoms with Gasteiger partial charge in [0, 0.05) is 11.6 Å². The quantitative estimate of drug-likeness (QED) is 0.654. The molecule has 0 aliphatic rings. The Morgan fingerprint density at radius 3 is 2.33 bits per heavy atom. The fraction of sp³-hybridized carbons (Fsp3) is 0.143. The number of amides is 1. The van der Waals surface area contributed by atoms with Crippen molar-refractivity contribution in [3.8, 4) is 5.75 Å². The first-order valence-electron chi connectivity index (χ1n) is 8.32. The first-order valence-corrected chi connectivity index (χ1v) is 8.69. The summed E-state index contributed by atoms with van der Waals surface area (Å²) in [6, 6.07) is 18.2. The number of esters is 1. The topological polar surface area (TPSA) is 64.6 Å². The first kappa shape index (κ1) is 18.7. The van der Waals surface area contributed by atoms with Crippen molar-refractivity contribution in [2.75, 3.05) is 13.7 Å². The summed E-state index contributed by atoms with van der Waals surface area (Å²) in [4.78, 5) is 24.3. The zero-order chi connectivity index (χ0) is 19.2. The molecule has 0 saturated heterocycles. The number of hydrogen-bond donors (Lipinski definition) is 1. The van der Waals surface area contributed by atoms with Crippen LogP contribution in [-0.2, 0) is 16.1 Å². The number of halogens is 1. The number of fused-ring (bicyclic) bond motifs is 1. The van der Waals surface area contributed by atoms with E-state index in [2.05, 4.69) is 5.32 Å². The minimum absolute atomic E-state index is 0.279. The van der Waals surface area contributed by atoms with Crippen LogP contribution in [0.5, 0.6) is 5.75 Å². The average molecular weight is 384 g/mol. The van der Waals surface area contributed by atoms with Crippen LogP contribution in [0.1, 0.15) is 15.9 Å². The van der Waals surface area contributed by atoms with Crippen LogP contribution in [-0.4, -0.2) is 25.6 Å². The van der Waals surface area contributed by atoms with Gasteiger partial charge >= 0.3 is 5.97 Å². The molecule has 0 saturated carbocycles. The van der Waals surface area contributed by atoms with Gasteiger partial charge in [-0.15, -0.1) is 0 Å². The molecule has 0 heterocycles. The zero-order valence-corrected chi connectivity index (χ0v) is 15.5. The number of nitrogens with one attached hydrogen (secondary N) is 1. The van der Waals surface area contributed by atoms with Gasteiger partial charge in [-0.05, 0) is 40.6 Å².